The second-order valence-electron chi connectivity index (χ2n) is 8.12. The molecule has 1 amide bonds. The van der Waals surface area contributed by atoms with Crippen LogP contribution in [0.25, 0.3) is 11.0 Å². The summed E-state index contributed by atoms with van der Waals surface area (Å²) in [5.74, 6) is -0.798. The maximum absolute atomic E-state index is 13.4. The monoisotopic (exact) mass is 463 g/mol. The van der Waals surface area contributed by atoms with Crippen LogP contribution in [0, 0.1) is 12.7 Å². The summed E-state index contributed by atoms with van der Waals surface area (Å²) in [5, 5.41) is 7.24. The highest BCUT2D eigenvalue weighted by Crippen LogP contribution is 2.21. The molecular weight excluding hydrogens is 437 g/mol. The number of nitrogens with one attached hydrogen (secondary N) is 1. The summed E-state index contributed by atoms with van der Waals surface area (Å²) >= 11 is 0. The number of rotatable bonds is 7. The molecule has 0 aliphatic heterocycles. The van der Waals surface area contributed by atoms with Crippen molar-refractivity contribution in [2.75, 3.05) is 5.32 Å². The Hall–Kier alpha value is -4.01. The van der Waals surface area contributed by atoms with Crippen LogP contribution in [0.5, 0.6) is 0 Å². The molecule has 0 atom stereocenters. The first-order valence-corrected chi connectivity index (χ1v) is 11.2. The zero-order chi connectivity index (χ0) is 24.4. The van der Waals surface area contributed by atoms with Crippen LogP contribution < -0.4 is 16.6 Å². The summed E-state index contributed by atoms with van der Waals surface area (Å²) < 4.78 is 17.2. The average molecular weight is 464 g/mol. The van der Waals surface area contributed by atoms with Gasteiger partial charge in [0.2, 0.25) is 5.91 Å². The number of carbonyl (C=O) groups excluding carboxylic acids is 1. The topological polar surface area (TPSA) is 90.9 Å². The van der Waals surface area contributed by atoms with Gasteiger partial charge in [0, 0.05) is 18.4 Å². The van der Waals surface area contributed by atoms with E-state index in [1.807, 2.05) is 39.0 Å². The van der Waals surface area contributed by atoms with E-state index in [4.69, 9.17) is 0 Å². The van der Waals surface area contributed by atoms with Gasteiger partial charge in [0.15, 0.2) is 5.52 Å². The van der Waals surface area contributed by atoms with E-state index in [9.17, 15) is 18.8 Å². The van der Waals surface area contributed by atoms with Crippen LogP contribution in [0.4, 0.5) is 10.1 Å². The van der Waals surface area contributed by atoms with Crippen molar-refractivity contribution in [1.29, 1.82) is 0 Å². The Kier molecular flexibility index (Phi) is 6.45. The first-order valence-electron chi connectivity index (χ1n) is 11.2. The summed E-state index contributed by atoms with van der Waals surface area (Å²) in [6.45, 7) is 5.92. The van der Waals surface area contributed by atoms with Gasteiger partial charge >= 0.3 is 5.69 Å². The van der Waals surface area contributed by atoms with E-state index in [0.29, 0.717) is 17.6 Å². The summed E-state index contributed by atoms with van der Waals surface area (Å²) in [7, 11) is 0. The average Bonchev–Trinajstić information content (AvgIpc) is 3.27. The number of aryl methyl sites for hydroxylation is 3. The van der Waals surface area contributed by atoms with Crippen LogP contribution in [-0.2, 0) is 30.8 Å². The standard InChI is InChI=1S/C25H26FN5O3/c1-4-18-8-6-7-16(3)22(18)27-21(32)15-30-20-14-29(5-2)28-23(20)24(33)31(25(30)34)13-17-9-11-19(26)12-10-17/h6-12,14H,4-5,13,15H2,1-3H3,(H,27,32). The Morgan fingerprint density at radius 3 is 2.47 bits per heavy atom. The van der Waals surface area contributed by atoms with E-state index in [-0.39, 0.29) is 24.5 Å². The minimum absolute atomic E-state index is 0.0632. The molecule has 2 aromatic carbocycles. The van der Waals surface area contributed by atoms with Crippen LogP contribution in [0.1, 0.15) is 30.5 Å². The molecule has 34 heavy (non-hydrogen) atoms. The Labute approximate surface area is 195 Å². The SMILES string of the molecule is CCc1cccc(C)c1NC(=O)Cn1c(=O)n(Cc2ccc(F)cc2)c(=O)c2nn(CC)cc21. The second-order valence-corrected chi connectivity index (χ2v) is 8.12. The zero-order valence-corrected chi connectivity index (χ0v) is 19.3. The summed E-state index contributed by atoms with van der Waals surface area (Å²) in [6.07, 6.45) is 2.34. The number of halogens is 1. The number of fused-ring (bicyclic) bond motifs is 1. The van der Waals surface area contributed by atoms with E-state index in [0.717, 1.165) is 27.8 Å². The molecule has 0 unspecified atom stereocenters. The number of hydrogen-bond acceptors (Lipinski definition) is 4. The smallest absolute Gasteiger partial charge is 0.324 e. The third-order valence-electron chi connectivity index (χ3n) is 5.83. The second kappa shape index (κ2) is 9.46. The fourth-order valence-corrected chi connectivity index (χ4v) is 3.98. The number of carbonyl (C=O) groups is 1. The molecule has 0 saturated carbocycles. The van der Waals surface area contributed by atoms with Gasteiger partial charge in [-0.15, -0.1) is 0 Å². The summed E-state index contributed by atoms with van der Waals surface area (Å²) in [6, 6.07) is 11.3. The lowest BCUT2D eigenvalue weighted by Gasteiger charge is -2.15. The largest absolute Gasteiger partial charge is 0.332 e. The van der Waals surface area contributed by atoms with Crippen LogP contribution in [0.2, 0.25) is 0 Å². The predicted molar refractivity (Wildman–Crippen MR) is 129 cm³/mol. The Balaban J connectivity index is 1.77. The first kappa shape index (κ1) is 23.2. The maximum Gasteiger partial charge on any atom is 0.332 e. The van der Waals surface area contributed by atoms with E-state index in [1.54, 1.807) is 10.9 Å². The number of para-hydroxylation sites is 1. The number of aromatic nitrogens is 4. The molecule has 0 aliphatic rings. The molecule has 0 radical (unpaired) electrons. The van der Waals surface area contributed by atoms with E-state index in [2.05, 4.69) is 10.4 Å². The molecule has 8 nitrogen and oxygen atoms in total. The minimum atomic E-state index is -0.631. The quantitative estimate of drug-likeness (QED) is 0.456. The molecule has 1 N–H and O–H groups in total. The molecule has 9 heteroatoms. The number of anilines is 1. The van der Waals surface area contributed by atoms with Gasteiger partial charge in [-0.05, 0) is 49.1 Å². The van der Waals surface area contributed by atoms with Gasteiger partial charge in [-0.2, -0.15) is 5.10 Å². The first-order chi connectivity index (χ1) is 16.3. The van der Waals surface area contributed by atoms with E-state index >= 15 is 0 Å². The third-order valence-corrected chi connectivity index (χ3v) is 5.83. The van der Waals surface area contributed by atoms with Crippen molar-refractivity contribution >= 4 is 22.6 Å². The molecule has 0 saturated heterocycles. The van der Waals surface area contributed by atoms with Crippen molar-refractivity contribution in [2.45, 2.75) is 46.8 Å². The minimum Gasteiger partial charge on any atom is -0.324 e. The lowest BCUT2D eigenvalue weighted by molar-refractivity contribution is -0.116. The number of amides is 1. The molecule has 2 aromatic heterocycles. The molecule has 2 heterocycles. The summed E-state index contributed by atoms with van der Waals surface area (Å²) in [4.78, 5) is 39.5. The van der Waals surface area contributed by atoms with Crippen molar-refractivity contribution in [1.82, 2.24) is 18.9 Å². The van der Waals surface area contributed by atoms with Gasteiger partial charge in [-0.1, -0.05) is 37.3 Å². The zero-order valence-electron chi connectivity index (χ0n) is 19.3. The van der Waals surface area contributed by atoms with E-state index in [1.165, 1.54) is 28.8 Å². The molecular formula is C25H26FN5O3. The summed E-state index contributed by atoms with van der Waals surface area (Å²) in [5.41, 5.74) is 2.43. The molecule has 0 fully saturated rings. The van der Waals surface area contributed by atoms with Crippen molar-refractivity contribution in [3.8, 4) is 0 Å². The van der Waals surface area contributed by atoms with Crippen molar-refractivity contribution in [3.05, 3.63) is 92.0 Å². The van der Waals surface area contributed by atoms with Crippen LogP contribution in [-0.4, -0.2) is 24.8 Å². The molecule has 0 bridgehead atoms. The maximum atomic E-state index is 13.4. The van der Waals surface area contributed by atoms with Crippen molar-refractivity contribution in [3.63, 3.8) is 0 Å². The lowest BCUT2D eigenvalue weighted by atomic mass is 10.1. The van der Waals surface area contributed by atoms with Gasteiger partial charge in [0.05, 0.1) is 12.1 Å². The van der Waals surface area contributed by atoms with Gasteiger partial charge < -0.3 is 5.32 Å². The fourth-order valence-electron chi connectivity index (χ4n) is 3.98. The molecule has 4 rings (SSSR count). The highest BCUT2D eigenvalue weighted by atomic mass is 19.1. The molecule has 4 aromatic rings. The number of nitrogens with zero attached hydrogens (tertiary/aromatic N) is 4. The van der Waals surface area contributed by atoms with Gasteiger partial charge in [-0.3, -0.25) is 23.4 Å². The third kappa shape index (κ3) is 4.41. The number of hydrogen-bond donors (Lipinski definition) is 1. The van der Waals surface area contributed by atoms with Crippen molar-refractivity contribution < 1.29 is 9.18 Å². The van der Waals surface area contributed by atoms with Gasteiger partial charge in [-0.25, -0.2) is 9.18 Å². The Morgan fingerprint density at radius 2 is 1.79 bits per heavy atom. The molecule has 0 spiro atoms. The van der Waals surface area contributed by atoms with Crippen LogP contribution in [0.15, 0.2) is 58.3 Å². The van der Waals surface area contributed by atoms with E-state index < -0.39 is 17.1 Å². The highest BCUT2D eigenvalue weighted by molar-refractivity contribution is 5.93. The highest BCUT2D eigenvalue weighted by Gasteiger charge is 2.19. The molecule has 0 aliphatic carbocycles. The number of benzene rings is 2. The molecule has 176 valence electrons. The fraction of sp³-hybridized carbons (Fsp3) is 0.280. The van der Waals surface area contributed by atoms with Gasteiger partial charge in [0.25, 0.3) is 5.56 Å². The predicted octanol–water partition coefficient (Wildman–Crippen LogP) is 3.08. The van der Waals surface area contributed by atoms with Gasteiger partial charge in [0.1, 0.15) is 12.4 Å². The van der Waals surface area contributed by atoms with Crippen molar-refractivity contribution in [2.24, 2.45) is 0 Å². The Bertz CT molecular complexity index is 1480. The lowest BCUT2D eigenvalue weighted by Crippen LogP contribution is -2.42. The van der Waals surface area contributed by atoms with Crippen LogP contribution in [0.3, 0.4) is 0 Å². The van der Waals surface area contributed by atoms with Crippen LogP contribution >= 0.6 is 0 Å². The normalized spacial score (nSPS) is 11.2. The Morgan fingerprint density at radius 1 is 1.06 bits per heavy atom.